The number of aromatic nitrogens is 2. The van der Waals surface area contributed by atoms with Crippen LogP contribution >= 0.6 is 31.9 Å². The lowest BCUT2D eigenvalue weighted by molar-refractivity contribution is 0.909. The Morgan fingerprint density at radius 2 is 2.42 bits per heavy atom. The molecular formula is C8H10Br2N2. The highest BCUT2D eigenvalue weighted by Crippen LogP contribution is 2.14. The maximum Gasteiger partial charge on any atom is 0.0946 e. The lowest BCUT2D eigenvalue weighted by atomic mass is 10.2. The van der Waals surface area contributed by atoms with Crippen molar-refractivity contribution in [1.29, 1.82) is 0 Å². The smallest absolute Gasteiger partial charge is 0.0946 e. The van der Waals surface area contributed by atoms with Crippen LogP contribution in [-0.4, -0.2) is 9.55 Å². The molecule has 0 fully saturated rings. The van der Waals surface area contributed by atoms with E-state index >= 15 is 0 Å². The minimum Gasteiger partial charge on any atom is -0.340 e. The van der Waals surface area contributed by atoms with Gasteiger partial charge in [-0.2, -0.15) is 0 Å². The predicted molar refractivity (Wildman–Crippen MR) is 57.5 cm³/mol. The number of rotatable bonds is 3. The minimum atomic E-state index is 0.988. The third-order valence-electron chi connectivity index (χ3n) is 1.46. The van der Waals surface area contributed by atoms with Crippen LogP contribution in [0, 0.1) is 0 Å². The Balaban J connectivity index is 2.38. The lowest BCUT2D eigenvalue weighted by Gasteiger charge is -1.90. The van der Waals surface area contributed by atoms with E-state index in [4.69, 9.17) is 0 Å². The van der Waals surface area contributed by atoms with Gasteiger partial charge in [-0.3, -0.25) is 0 Å². The first kappa shape index (κ1) is 9.99. The second kappa shape index (κ2) is 4.82. The van der Waals surface area contributed by atoms with E-state index in [1.807, 2.05) is 24.1 Å². The average molecular weight is 294 g/mol. The van der Waals surface area contributed by atoms with Crippen LogP contribution in [0.25, 0.3) is 0 Å². The van der Waals surface area contributed by atoms with Gasteiger partial charge in [0, 0.05) is 13.2 Å². The molecule has 66 valence electrons. The molecular weight excluding hydrogens is 284 g/mol. The molecule has 1 heterocycles. The van der Waals surface area contributed by atoms with E-state index in [9.17, 15) is 0 Å². The average Bonchev–Trinajstić information content (AvgIpc) is 2.35. The Morgan fingerprint density at radius 3 is 2.92 bits per heavy atom. The van der Waals surface area contributed by atoms with Gasteiger partial charge < -0.3 is 4.57 Å². The topological polar surface area (TPSA) is 17.8 Å². The minimum absolute atomic E-state index is 0.988. The Labute approximate surface area is 88.9 Å². The van der Waals surface area contributed by atoms with E-state index < -0.39 is 0 Å². The van der Waals surface area contributed by atoms with E-state index in [0.717, 1.165) is 21.9 Å². The van der Waals surface area contributed by atoms with Crippen LogP contribution in [0.5, 0.6) is 0 Å². The van der Waals surface area contributed by atoms with Crippen LogP contribution in [0.3, 0.4) is 0 Å². The summed E-state index contributed by atoms with van der Waals surface area (Å²) >= 11 is 6.61. The van der Waals surface area contributed by atoms with Crippen LogP contribution in [0.2, 0.25) is 0 Å². The summed E-state index contributed by atoms with van der Waals surface area (Å²) in [6.07, 6.45) is 7.93. The van der Waals surface area contributed by atoms with Gasteiger partial charge in [0.2, 0.25) is 0 Å². The van der Waals surface area contributed by atoms with Crippen molar-refractivity contribution in [2.24, 2.45) is 7.05 Å². The summed E-state index contributed by atoms with van der Waals surface area (Å²) < 4.78 is 2.97. The normalized spacial score (nSPS) is 9.92. The van der Waals surface area contributed by atoms with Gasteiger partial charge in [0.1, 0.15) is 0 Å². The van der Waals surface area contributed by atoms with E-state index in [1.54, 1.807) is 0 Å². The van der Waals surface area contributed by atoms with Crippen molar-refractivity contribution in [3.8, 4) is 0 Å². The summed E-state index contributed by atoms with van der Waals surface area (Å²) in [5.41, 5.74) is 1.13. The first-order chi connectivity index (χ1) is 5.68. The summed E-state index contributed by atoms with van der Waals surface area (Å²) in [6.45, 7) is 0. The number of hydrogen-bond acceptors (Lipinski definition) is 1. The molecule has 0 unspecified atom stereocenters. The highest BCUT2D eigenvalue weighted by atomic mass is 79.9. The van der Waals surface area contributed by atoms with Crippen molar-refractivity contribution in [2.75, 3.05) is 0 Å². The monoisotopic (exact) mass is 292 g/mol. The molecule has 0 N–H and O–H groups in total. The number of hydrogen-bond donors (Lipinski definition) is 0. The third-order valence-corrected chi connectivity index (χ3v) is 2.10. The van der Waals surface area contributed by atoms with Gasteiger partial charge in [-0.1, -0.05) is 6.08 Å². The SMILES string of the molecule is Cn1cnc(CCC=C(Br)Br)c1. The maximum absolute atomic E-state index is 4.22. The van der Waals surface area contributed by atoms with Crippen LogP contribution in [0.4, 0.5) is 0 Å². The first-order valence-electron chi connectivity index (χ1n) is 3.66. The largest absolute Gasteiger partial charge is 0.340 e. The fourth-order valence-electron chi connectivity index (χ4n) is 0.925. The zero-order valence-electron chi connectivity index (χ0n) is 6.80. The number of imidazole rings is 1. The Kier molecular flexibility index (Phi) is 4.01. The molecule has 0 saturated heterocycles. The Hall–Kier alpha value is -0.0900. The van der Waals surface area contributed by atoms with Gasteiger partial charge in [0.05, 0.1) is 15.4 Å². The lowest BCUT2D eigenvalue weighted by Crippen LogP contribution is -1.82. The second-order valence-electron chi connectivity index (χ2n) is 2.56. The van der Waals surface area contributed by atoms with Gasteiger partial charge in [-0.25, -0.2) is 4.98 Å². The molecule has 2 nitrogen and oxygen atoms in total. The third kappa shape index (κ3) is 3.54. The molecule has 4 heteroatoms. The maximum atomic E-state index is 4.22. The molecule has 12 heavy (non-hydrogen) atoms. The molecule has 1 rings (SSSR count). The van der Waals surface area contributed by atoms with Crippen LogP contribution in [0.15, 0.2) is 22.0 Å². The highest BCUT2D eigenvalue weighted by molar-refractivity contribution is 9.28. The number of nitrogens with zero attached hydrogens (tertiary/aromatic N) is 2. The van der Waals surface area contributed by atoms with Crippen LogP contribution in [0.1, 0.15) is 12.1 Å². The highest BCUT2D eigenvalue weighted by Gasteiger charge is 1.94. The van der Waals surface area contributed by atoms with Gasteiger partial charge in [0.25, 0.3) is 0 Å². The van der Waals surface area contributed by atoms with E-state index in [-0.39, 0.29) is 0 Å². The van der Waals surface area contributed by atoms with Crippen molar-refractivity contribution < 1.29 is 0 Å². The van der Waals surface area contributed by atoms with E-state index in [0.29, 0.717) is 0 Å². The van der Waals surface area contributed by atoms with E-state index in [1.165, 1.54) is 0 Å². The standard InChI is InChI=1S/C8H10Br2N2/c1-12-5-7(11-6-12)3-2-4-8(9)10/h4-6H,2-3H2,1H3. The molecule has 0 spiro atoms. The molecule has 0 radical (unpaired) electrons. The molecule has 0 atom stereocenters. The Bertz CT molecular complexity index is 274. The number of aryl methyl sites for hydroxylation is 2. The fraction of sp³-hybridized carbons (Fsp3) is 0.375. The van der Waals surface area contributed by atoms with Gasteiger partial charge in [0.15, 0.2) is 0 Å². The van der Waals surface area contributed by atoms with Gasteiger partial charge in [-0.15, -0.1) is 0 Å². The summed E-state index contributed by atoms with van der Waals surface area (Å²) in [4.78, 5) is 4.22. The molecule has 0 saturated carbocycles. The fourth-order valence-corrected chi connectivity index (χ4v) is 1.38. The molecule has 0 amide bonds. The van der Waals surface area contributed by atoms with Crippen molar-refractivity contribution in [1.82, 2.24) is 9.55 Å². The first-order valence-corrected chi connectivity index (χ1v) is 5.25. The zero-order chi connectivity index (χ0) is 8.97. The van der Waals surface area contributed by atoms with Crippen molar-refractivity contribution in [3.63, 3.8) is 0 Å². The second-order valence-corrected chi connectivity index (χ2v) is 5.34. The van der Waals surface area contributed by atoms with Crippen molar-refractivity contribution in [3.05, 3.63) is 27.7 Å². The predicted octanol–water partition coefficient (Wildman–Crippen LogP) is 2.98. The zero-order valence-corrected chi connectivity index (χ0v) is 9.97. The van der Waals surface area contributed by atoms with Crippen LogP contribution in [-0.2, 0) is 13.5 Å². The molecule has 1 aromatic rings. The molecule has 0 aromatic carbocycles. The van der Waals surface area contributed by atoms with Gasteiger partial charge >= 0.3 is 0 Å². The molecule has 0 aliphatic heterocycles. The molecule has 0 bridgehead atoms. The van der Waals surface area contributed by atoms with E-state index in [2.05, 4.69) is 42.9 Å². The van der Waals surface area contributed by atoms with Crippen molar-refractivity contribution >= 4 is 31.9 Å². The van der Waals surface area contributed by atoms with Crippen molar-refractivity contribution in [2.45, 2.75) is 12.8 Å². The Morgan fingerprint density at radius 1 is 1.67 bits per heavy atom. The van der Waals surface area contributed by atoms with Gasteiger partial charge in [-0.05, 0) is 44.7 Å². The number of allylic oxidation sites excluding steroid dienone is 1. The quantitative estimate of drug-likeness (QED) is 0.838. The summed E-state index contributed by atoms with van der Waals surface area (Å²) in [7, 11) is 1.98. The summed E-state index contributed by atoms with van der Waals surface area (Å²) in [5.74, 6) is 0. The molecule has 1 aromatic heterocycles. The molecule has 0 aliphatic carbocycles. The summed E-state index contributed by atoms with van der Waals surface area (Å²) in [6, 6.07) is 0. The number of halogens is 2. The molecule has 0 aliphatic rings. The summed E-state index contributed by atoms with van der Waals surface area (Å²) in [5, 5.41) is 0. The van der Waals surface area contributed by atoms with Crippen LogP contribution < -0.4 is 0 Å².